The van der Waals surface area contributed by atoms with Crippen molar-refractivity contribution < 1.29 is 9.59 Å². The fourth-order valence-electron chi connectivity index (χ4n) is 2.28. The second-order valence-electron chi connectivity index (χ2n) is 6.00. The first kappa shape index (κ1) is 19.2. The lowest BCUT2D eigenvalue weighted by molar-refractivity contribution is -0.129. The summed E-state index contributed by atoms with van der Waals surface area (Å²) in [7, 11) is 4.03. The Labute approximate surface area is 139 Å². The number of hydrogen-bond acceptors (Lipinski definition) is 3. The maximum Gasteiger partial charge on any atom is 0.221 e. The molecule has 0 unspecified atom stereocenters. The summed E-state index contributed by atoms with van der Waals surface area (Å²) >= 11 is 0. The smallest absolute Gasteiger partial charge is 0.221 e. The van der Waals surface area contributed by atoms with Crippen LogP contribution in [-0.2, 0) is 16.0 Å². The lowest BCUT2D eigenvalue weighted by Gasteiger charge is -2.21. The van der Waals surface area contributed by atoms with Crippen LogP contribution in [0.4, 0.5) is 0 Å². The van der Waals surface area contributed by atoms with E-state index in [4.69, 9.17) is 0 Å². The van der Waals surface area contributed by atoms with Crippen molar-refractivity contribution in [3.63, 3.8) is 0 Å². The zero-order valence-electron chi connectivity index (χ0n) is 14.5. The summed E-state index contributed by atoms with van der Waals surface area (Å²) in [6.07, 6.45) is 2.10. The van der Waals surface area contributed by atoms with E-state index in [1.54, 1.807) is 11.8 Å². The molecule has 0 aliphatic heterocycles. The quantitative estimate of drug-likeness (QED) is 0.666. The van der Waals surface area contributed by atoms with Crippen LogP contribution in [0.1, 0.15) is 25.3 Å². The molecule has 0 radical (unpaired) electrons. The van der Waals surface area contributed by atoms with E-state index in [-0.39, 0.29) is 11.8 Å². The molecule has 0 heterocycles. The Morgan fingerprint density at radius 2 is 1.74 bits per heavy atom. The lowest BCUT2D eigenvalue weighted by atomic mass is 10.1. The molecule has 0 spiro atoms. The fraction of sp³-hybridized carbons (Fsp3) is 0.556. The van der Waals surface area contributed by atoms with E-state index < -0.39 is 0 Å². The van der Waals surface area contributed by atoms with Gasteiger partial charge in [-0.3, -0.25) is 9.59 Å². The molecule has 1 N–H and O–H groups in total. The monoisotopic (exact) mass is 319 g/mol. The Balaban J connectivity index is 2.27. The molecule has 0 bridgehead atoms. The first-order chi connectivity index (χ1) is 11.0. The van der Waals surface area contributed by atoms with Crippen LogP contribution < -0.4 is 5.32 Å². The van der Waals surface area contributed by atoms with Crippen LogP contribution in [0.2, 0.25) is 0 Å². The van der Waals surface area contributed by atoms with Crippen molar-refractivity contribution in [3.05, 3.63) is 35.9 Å². The minimum Gasteiger partial charge on any atom is -0.356 e. The number of amides is 2. The third-order valence-electron chi connectivity index (χ3n) is 3.67. The van der Waals surface area contributed by atoms with E-state index in [2.05, 4.69) is 22.3 Å². The third kappa shape index (κ3) is 8.98. The van der Waals surface area contributed by atoms with Gasteiger partial charge in [0, 0.05) is 33.0 Å². The molecule has 0 fully saturated rings. The van der Waals surface area contributed by atoms with Gasteiger partial charge in [0.05, 0.1) is 0 Å². The summed E-state index contributed by atoms with van der Waals surface area (Å²) in [4.78, 5) is 27.4. The number of hydrogen-bond donors (Lipinski definition) is 1. The van der Waals surface area contributed by atoms with Crippen LogP contribution in [0.5, 0.6) is 0 Å². The molecule has 1 rings (SSSR count). The highest BCUT2D eigenvalue weighted by Crippen LogP contribution is 2.02. The average molecular weight is 319 g/mol. The van der Waals surface area contributed by atoms with Crippen LogP contribution in [0.3, 0.4) is 0 Å². The zero-order valence-corrected chi connectivity index (χ0v) is 14.5. The Kier molecular flexibility index (Phi) is 8.98. The SMILES string of the molecule is CC(=O)N(CCC(=O)NCCCN(C)C)CCc1ccccc1. The molecule has 0 aliphatic rings. The molecule has 2 amide bonds. The van der Waals surface area contributed by atoms with Crippen molar-refractivity contribution in [2.45, 2.75) is 26.2 Å². The maximum atomic E-state index is 11.8. The highest BCUT2D eigenvalue weighted by Gasteiger charge is 2.11. The molecule has 1 aromatic rings. The van der Waals surface area contributed by atoms with Crippen molar-refractivity contribution in [3.8, 4) is 0 Å². The largest absolute Gasteiger partial charge is 0.356 e. The molecule has 0 aromatic heterocycles. The molecule has 0 atom stereocenters. The molecule has 5 nitrogen and oxygen atoms in total. The molecule has 0 saturated heterocycles. The molecule has 0 saturated carbocycles. The Morgan fingerprint density at radius 1 is 1.04 bits per heavy atom. The highest BCUT2D eigenvalue weighted by atomic mass is 16.2. The van der Waals surface area contributed by atoms with Crippen molar-refractivity contribution >= 4 is 11.8 Å². The zero-order chi connectivity index (χ0) is 17.1. The van der Waals surface area contributed by atoms with Crippen LogP contribution in [-0.4, -0.2) is 61.9 Å². The van der Waals surface area contributed by atoms with E-state index in [0.29, 0.717) is 26.1 Å². The second-order valence-corrected chi connectivity index (χ2v) is 6.00. The fourth-order valence-corrected chi connectivity index (χ4v) is 2.28. The molecular formula is C18H29N3O2. The number of carbonyl (C=O) groups is 2. The van der Waals surface area contributed by atoms with Gasteiger partial charge in [0.25, 0.3) is 0 Å². The van der Waals surface area contributed by atoms with Gasteiger partial charge in [0.1, 0.15) is 0 Å². The van der Waals surface area contributed by atoms with Crippen LogP contribution in [0.15, 0.2) is 30.3 Å². The third-order valence-corrected chi connectivity index (χ3v) is 3.67. The minimum absolute atomic E-state index is 0.00900. The number of rotatable bonds is 10. The molecule has 128 valence electrons. The van der Waals surface area contributed by atoms with Gasteiger partial charge in [-0.25, -0.2) is 0 Å². The van der Waals surface area contributed by atoms with Gasteiger partial charge in [0.15, 0.2) is 0 Å². The van der Waals surface area contributed by atoms with Gasteiger partial charge < -0.3 is 15.1 Å². The number of nitrogens with zero attached hydrogens (tertiary/aromatic N) is 2. The van der Waals surface area contributed by atoms with E-state index in [1.165, 1.54) is 5.56 Å². The highest BCUT2D eigenvalue weighted by molar-refractivity contribution is 5.77. The number of carbonyl (C=O) groups excluding carboxylic acids is 2. The lowest BCUT2D eigenvalue weighted by Crippen LogP contribution is -2.35. The second kappa shape index (κ2) is 10.8. The van der Waals surface area contributed by atoms with Crippen molar-refractivity contribution in [1.29, 1.82) is 0 Å². The van der Waals surface area contributed by atoms with Gasteiger partial charge >= 0.3 is 0 Å². The Hall–Kier alpha value is -1.88. The van der Waals surface area contributed by atoms with Crippen molar-refractivity contribution in [2.24, 2.45) is 0 Å². The maximum absolute atomic E-state index is 11.8. The van der Waals surface area contributed by atoms with Gasteiger partial charge in [-0.15, -0.1) is 0 Å². The summed E-state index contributed by atoms with van der Waals surface area (Å²) in [6.45, 7) is 4.31. The first-order valence-electron chi connectivity index (χ1n) is 8.20. The molecule has 5 heteroatoms. The minimum atomic E-state index is 0.00900. The summed E-state index contributed by atoms with van der Waals surface area (Å²) in [5, 5.41) is 2.90. The first-order valence-corrected chi connectivity index (χ1v) is 8.20. The van der Waals surface area contributed by atoms with Crippen molar-refractivity contribution in [1.82, 2.24) is 15.1 Å². The topological polar surface area (TPSA) is 52.7 Å². The van der Waals surface area contributed by atoms with Crippen LogP contribution in [0, 0.1) is 0 Å². The van der Waals surface area contributed by atoms with Crippen molar-refractivity contribution in [2.75, 3.05) is 40.3 Å². The van der Waals surface area contributed by atoms with Crippen LogP contribution in [0.25, 0.3) is 0 Å². The standard InChI is InChI=1S/C18H29N3O2/c1-16(22)21(14-10-17-8-5-4-6-9-17)15-11-18(23)19-12-7-13-20(2)3/h4-6,8-9H,7,10-15H2,1-3H3,(H,19,23). The number of nitrogens with one attached hydrogen (secondary N) is 1. The summed E-state index contributed by atoms with van der Waals surface area (Å²) in [6, 6.07) is 10.1. The normalized spacial score (nSPS) is 10.6. The molecule has 23 heavy (non-hydrogen) atoms. The molecule has 0 aliphatic carbocycles. The summed E-state index contributed by atoms with van der Waals surface area (Å²) in [5.74, 6) is 0.0241. The summed E-state index contributed by atoms with van der Waals surface area (Å²) in [5.41, 5.74) is 1.20. The van der Waals surface area contributed by atoms with E-state index in [1.807, 2.05) is 32.3 Å². The van der Waals surface area contributed by atoms with E-state index >= 15 is 0 Å². The Morgan fingerprint density at radius 3 is 2.35 bits per heavy atom. The van der Waals surface area contributed by atoms with Gasteiger partial charge in [-0.05, 0) is 39.0 Å². The Bertz CT molecular complexity index is 474. The summed E-state index contributed by atoms with van der Waals surface area (Å²) < 4.78 is 0. The van der Waals surface area contributed by atoms with E-state index in [9.17, 15) is 9.59 Å². The number of benzene rings is 1. The predicted octanol–water partition coefficient (Wildman–Crippen LogP) is 1.54. The van der Waals surface area contributed by atoms with Gasteiger partial charge in [-0.1, -0.05) is 30.3 Å². The van der Waals surface area contributed by atoms with E-state index in [0.717, 1.165) is 19.4 Å². The average Bonchev–Trinajstić information content (AvgIpc) is 2.52. The molecular weight excluding hydrogens is 290 g/mol. The molecule has 1 aromatic carbocycles. The van der Waals surface area contributed by atoms with Gasteiger partial charge in [0.2, 0.25) is 11.8 Å². The van der Waals surface area contributed by atoms with Gasteiger partial charge in [-0.2, -0.15) is 0 Å². The predicted molar refractivity (Wildman–Crippen MR) is 93.2 cm³/mol. The van der Waals surface area contributed by atoms with Crippen LogP contribution >= 0.6 is 0 Å².